The molecule has 182 valence electrons. The van der Waals surface area contributed by atoms with Gasteiger partial charge in [-0.05, 0) is 36.4 Å². The average molecular weight is 500 g/mol. The van der Waals surface area contributed by atoms with Crippen LogP contribution in [-0.2, 0) is 14.8 Å². The smallest absolute Gasteiger partial charge is 0.341 e. The summed E-state index contributed by atoms with van der Waals surface area (Å²) in [5.41, 5.74) is 2.51. The van der Waals surface area contributed by atoms with Crippen molar-refractivity contribution in [2.24, 2.45) is 5.10 Å². The molecule has 0 spiro atoms. The molecule has 0 bridgehead atoms. The number of aliphatic carboxylic acids is 1. The van der Waals surface area contributed by atoms with Crippen LogP contribution >= 0.6 is 0 Å². The molecular weight excluding hydrogens is 480 g/mol. The number of methoxy groups -OCH3 is 1. The van der Waals surface area contributed by atoms with Crippen LogP contribution in [0, 0.1) is 10.1 Å². The summed E-state index contributed by atoms with van der Waals surface area (Å²) >= 11 is 0. The number of nitro benzene ring substituents is 1. The van der Waals surface area contributed by atoms with Gasteiger partial charge in [0, 0.05) is 11.6 Å². The van der Waals surface area contributed by atoms with Crippen LogP contribution in [0.5, 0.6) is 11.5 Å². The Labute approximate surface area is 200 Å². The van der Waals surface area contributed by atoms with Gasteiger partial charge in [0.25, 0.3) is 15.7 Å². The van der Waals surface area contributed by atoms with E-state index in [9.17, 15) is 23.3 Å². The Morgan fingerprint density at radius 3 is 2.46 bits per heavy atom. The van der Waals surface area contributed by atoms with Crippen molar-refractivity contribution in [2.45, 2.75) is 4.90 Å². The van der Waals surface area contributed by atoms with Crippen molar-refractivity contribution in [1.82, 2.24) is 0 Å². The van der Waals surface area contributed by atoms with Crippen LogP contribution in [0.1, 0.15) is 5.56 Å². The Balaban J connectivity index is 1.83. The number of rotatable bonds is 11. The summed E-state index contributed by atoms with van der Waals surface area (Å²) in [5, 5.41) is 24.3. The number of para-hydroxylation sites is 3. The molecule has 3 N–H and O–H groups in total. The van der Waals surface area contributed by atoms with Crippen molar-refractivity contribution in [1.29, 1.82) is 0 Å². The van der Waals surface area contributed by atoms with Crippen LogP contribution in [0.2, 0.25) is 0 Å². The van der Waals surface area contributed by atoms with Crippen LogP contribution < -0.4 is 19.6 Å². The molecule has 0 aliphatic rings. The molecule has 3 aromatic rings. The number of benzene rings is 3. The second kappa shape index (κ2) is 11.0. The molecule has 0 atom stereocenters. The second-order valence-corrected chi connectivity index (χ2v) is 8.51. The van der Waals surface area contributed by atoms with Gasteiger partial charge >= 0.3 is 5.97 Å². The van der Waals surface area contributed by atoms with Crippen molar-refractivity contribution in [3.63, 3.8) is 0 Å². The summed E-state index contributed by atoms with van der Waals surface area (Å²) in [7, 11) is -2.78. The molecular formula is C22H20N4O8S. The molecule has 0 aromatic heterocycles. The Bertz CT molecular complexity index is 1380. The molecule has 0 saturated heterocycles. The highest BCUT2D eigenvalue weighted by molar-refractivity contribution is 7.92. The van der Waals surface area contributed by atoms with Gasteiger partial charge in [0.05, 0.1) is 28.8 Å². The van der Waals surface area contributed by atoms with E-state index >= 15 is 0 Å². The van der Waals surface area contributed by atoms with Gasteiger partial charge in [-0.15, -0.1) is 0 Å². The predicted molar refractivity (Wildman–Crippen MR) is 128 cm³/mol. The number of nitrogens with zero attached hydrogens (tertiary/aromatic N) is 2. The highest BCUT2D eigenvalue weighted by Gasteiger charge is 2.22. The fourth-order valence-electron chi connectivity index (χ4n) is 2.89. The van der Waals surface area contributed by atoms with E-state index in [2.05, 4.69) is 15.2 Å². The monoisotopic (exact) mass is 500 g/mol. The van der Waals surface area contributed by atoms with Crippen LogP contribution in [0.25, 0.3) is 0 Å². The van der Waals surface area contributed by atoms with E-state index in [0.717, 1.165) is 6.07 Å². The van der Waals surface area contributed by atoms with Gasteiger partial charge in [-0.3, -0.25) is 20.3 Å². The maximum absolute atomic E-state index is 12.8. The first-order valence-corrected chi connectivity index (χ1v) is 11.4. The molecule has 0 aliphatic heterocycles. The Kier molecular flexibility index (Phi) is 7.84. The molecule has 0 radical (unpaired) electrons. The number of nitro groups is 1. The third-order valence-corrected chi connectivity index (χ3v) is 5.85. The van der Waals surface area contributed by atoms with E-state index in [1.807, 2.05) is 0 Å². The normalized spacial score (nSPS) is 11.1. The lowest BCUT2D eigenvalue weighted by Crippen LogP contribution is -2.14. The minimum absolute atomic E-state index is 0.0635. The van der Waals surface area contributed by atoms with Gasteiger partial charge in [-0.2, -0.15) is 5.10 Å². The maximum Gasteiger partial charge on any atom is 0.341 e. The second-order valence-electron chi connectivity index (χ2n) is 6.83. The summed E-state index contributed by atoms with van der Waals surface area (Å²) in [6.45, 7) is -0.553. The zero-order valence-corrected chi connectivity index (χ0v) is 19.1. The molecule has 0 amide bonds. The van der Waals surface area contributed by atoms with E-state index in [1.54, 1.807) is 42.5 Å². The number of hydrogen-bond donors (Lipinski definition) is 3. The molecule has 0 heterocycles. The third kappa shape index (κ3) is 6.45. The van der Waals surface area contributed by atoms with E-state index in [0.29, 0.717) is 5.56 Å². The minimum Gasteiger partial charge on any atom is -0.495 e. The molecule has 3 aromatic carbocycles. The van der Waals surface area contributed by atoms with Crippen LogP contribution in [0.4, 0.5) is 17.1 Å². The third-order valence-electron chi connectivity index (χ3n) is 4.49. The van der Waals surface area contributed by atoms with Gasteiger partial charge in [-0.1, -0.05) is 24.3 Å². The first kappa shape index (κ1) is 25.0. The van der Waals surface area contributed by atoms with Crippen molar-refractivity contribution in [2.75, 3.05) is 23.9 Å². The lowest BCUT2D eigenvalue weighted by molar-refractivity contribution is -0.384. The molecule has 0 aliphatic carbocycles. The number of hydrogen-bond acceptors (Lipinski definition) is 9. The van der Waals surface area contributed by atoms with E-state index in [1.165, 1.54) is 31.5 Å². The Morgan fingerprint density at radius 2 is 1.77 bits per heavy atom. The molecule has 0 fully saturated rings. The number of carboxylic acid groups (broad SMARTS) is 1. The lowest BCUT2D eigenvalue weighted by Gasteiger charge is -2.12. The zero-order valence-electron chi connectivity index (χ0n) is 18.2. The maximum atomic E-state index is 12.8. The number of carbonyl (C=O) groups is 1. The summed E-state index contributed by atoms with van der Waals surface area (Å²) in [6.07, 6.45) is 1.29. The quantitative estimate of drug-likeness (QED) is 0.203. The minimum atomic E-state index is -4.17. The molecule has 0 saturated carbocycles. The van der Waals surface area contributed by atoms with Crippen molar-refractivity contribution >= 4 is 39.3 Å². The van der Waals surface area contributed by atoms with E-state index in [-0.39, 0.29) is 27.8 Å². The molecule has 12 nitrogen and oxygen atoms in total. The number of anilines is 2. The first-order chi connectivity index (χ1) is 16.7. The van der Waals surface area contributed by atoms with Crippen LogP contribution in [0.15, 0.2) is 76.7 Å². The number of hydrazone groups is 1. The zero-order chi connectivity index (χ0) is 25.4. The molecule has 0 unspecified atom stereocenters. The van der Waals surface area contributed by atoms with Crippen molar-refractivity contribution in [3.8, 4) is 11.5 Å². The highest BCUT2D eigenvalue weighted by Crippen LogP contribution is 2.30. The fraction of sp³-hybridized carbons (Fsp3) is 0.0909. The average Bonchev–Trinajstić information content (AvgIpc) is 2.83. The Morgan fingerprint density at radius 1 is 1.09 bits per heavy atom. The lowest BCUT2D eigenvalue weighted by atomic mass is 10.2. The van der Waals surface area contributed by atoms with Crippen LogP contribution in [-0.4, -0.2) is 44.3 Å². The number of ether oxygens (including phenoxy) is 2. The van der Waals surface area contributed by atoms with Crippen LogP contribution in [0.3, 0.4) is 0 Å². The van der Waals surface area contributed by atoms with E-state index in [4.69, 9.17) is 14.6 Å². The largest absolute Gasteiger partial charge is 0.495 e. The first-order valence-electron chi connectivity index (χ1n) is 9.88. The van der Waals surface area contributed by atoms with Gasteiger partial charge in [0.1, 0.15) is 17.2 Å². The summed E-state index contributed by atoms with van der Waals surface area (Å²) in [6, 6.07) is 16.1. The fourth-order valence-corrected chi connectivity index (χ4v) is 3.98. The SMILES string of the molecule is COc1ccccc1NS(=O)(=O)c1ccc(N/N=C\c2ccccc2OCC(=O)O)c([N+](=O)[O-])c1. The van der Waals surface area contributed by atoms with E-state index < -0.39 is 33.2 Å². The standard InChI is InChI=1S/C22H20N4O8S/c1-33-21-9-5-3-7-18(21)25-35(31,32)16-10-11-17(19(12-16)26(29)30)24-23-13-15-6-2-4-8-20(15)34-14-22(27)28/h2-13,24-25H,14H2,1H3,(H,27,28)/b23-13-. The van der Waals surface area contributed by atoms with Crippen molar-refractivity contribution in [3.05, 3.63) is 82.4 Å². The molecule has 35 heavy (non-hydrogen) atoms. The summed E-state index contributed by atoms with van der Waals surface area (Å²) in [5.74, 6) is -0.620. The summed E-state index contributed by atoms with van der Waals surface area (Å²) in [4.78, 5) is 21.2. The molecule has 3 rings (SSSR count). The number of carboxylic acids is 1. The number of nitrogens with one attached hydrogen (secondary N) is 2. The highest BCUT2D eigenvalue weighted by atomic mass is 32.2. The Hall–Kier alpha value is -4.65. The van der Waals surface area contributed by atoms with Gasteiger partial charge in [-0.25, -0.2) is 13.2 Å². The van der Waals surface area contributed by atoms with Gasteiger partial charge in [0.2, 0.25) is 0 Å². The predicted octanol–water partition coefficient (Wildman–Crippen LogP) is 3.31. The van der Waals surface area contributed by atoms with Gasteiger partial charge < -0.3 is 14.6 Å². The van der Waals surface area contributed by atoms with Gasteiger partial charge in [0.15, 0.2) is 6.61 Å². The number of sulfonamides is 1. The summed E-state index contributed by atoms with van der Waals surface area (Å²) < 4.78 is 38.3. The topological polar surface area (TPSA) is 169 Å². The molecule has 13 heteroatoms. The van der Waals surface area contributed by atoms with Crippen molar-refractivity contribution < 1.29 is 32.7 Å².